The maximum Gasteiger partial charge on any atom is 0.337 e. The fourth-order valence-corrected chi connectivity index (χ4v) is 2.15. The van der Waals surface area contributed by atoms with Gasteiger partial charge in [0.15, 0.2) is 0 Å². The monoisotopic (exact) mass is 306 g/mol. The van der Waals surface area contributed by atoms with E-state index in [0.29, 0.717) is 27.7 Å². The van der Waals surface area contributed by atoms with E-state index in [1.807, 2.05) is 0 Å². The van der Waals surface area contributed by atoms with Gasteiger partial charge in [0.05, 0.1) is 18.4 Å². The molecule has 4 N–H and O–H groups in total. The Balaban J connectivity index is 2.45. The zero-order chi connectivity index (χ0) is 15.6. The summed E-state index contributed by atoms with van der Waals surface area (Å²) in [5.41, 5.74) is 8.00. The van der Waals surface area contributed by atoms with Crippen molar-refractivity contribution in [3.63, 3.8) is 0 Å². The molecule has 0 heterocycles. The molecule has 5 nitrogen and oxygen atoms in total. The summed E-state index contributed by atoms with van der Waals surface area (Å²) in [6.45, 7) is 1.75. The van der Waals surface area contributed by atoms with E-state index in [1.165, 1.54) is 6.07 Å². The standard InChI is InChI=1S/C15H15ClN2O3/c1-8-5-10(7-11(14(8)17)15(19)20)18-12-6-9(16)3-4-13(12)21-2/h3-7,18H,17H2,1-2H3,(H,19,20). The van der Waals surface area contributed by atoms with Crippen LogP contribution in [0.2, 0.25) is 5.02 Å². The second-order valence-corrected chi connectivity index (χ2v) is 4.97. The Labute approximate surface area is 127 Å². The highest BCUT2D eigenvalue weighted by molar-refractivity contribution is 6.31. The van der Waals surface area contributed by atoms with Gasteiger partial charge in [-0.25, -0.2) is 4.79 Å². The molecule has 0 saturated heterocycles. The van der Waals surface area contributed by atoms with Gasteiger partial charge in [0, 0.05) is 16.4 Å². The van der Waals surface area contributed by atoms with E-state index in [0.717, 1.165) is 0 Å². The molecule has 110 valence electrons. The molecule has 0 aliphatic rings. The van der Waals surface area contributed by atoms with Crippen molar-refractivity contribution >= 4 is 34.6 Å². The summed E-state index contributed by atoms with van der Waals surface area (Å²) < 4.78 is 5.24. The minimum atomic E-state index is -1.07. The van der Waals surface area contributed by atoms with Crippen LogP contribution in [0.4, 0.5) is 17.1 Å². The number of hydrogen-bond donors (Lipinski definition) is 3. The predicted molar refractivity (Wildman–Crippen MR) is 83.8 cm³/mol. The lowest BCUT2D eigenvalue weighted by molar-refractivity contribution is 0.0698. The summed E-state index contributed by atoms with van der Waals surface area (Å²) in [4.78, 5) is 11.2. The van der Waals surface area contributed by atoms with Crippen LogP contribution in [0.15, 0.2) is 30.3 Å². The SMILES string of the molecule is COc1ccc(Cl)cc1Nc1cc(C)c(N)c(C(=O)O)c1. The lowest BCUT2D eigenvalue weighted by atomic mass is 10.1. The highest BCUT2D eigenvalue weighted by Gasteiger charge is 2.13. The molecular weight excluding hydrogens is 292 g/mol. The molecule has 0 fully saturated rings. The first-order chi connectivity index (χ1) is 9.92. The summed E-state index contributed by atoms with van der Waals surface area (Å²) >= 11 is 5.97. The third-order valence-electron chi connectivity index (χ3n) is 3.06. The fraction of sp³-hybridized carbons (Fsp3) is 0.133. The molecule has 2 aromatic carbocycles. The summed E-state index contributed by atoms with van der Waals surface area (Å²) in [7, 11) is 1.55. The highest BCUT2D eigenvalue weighted by atomic mass is 35.5. The average molecular weight is 307 g/mol. The Morgan fingerprint density at radius 2 is 2.05 bits per heavy atom. The first-order valence-electron chi connectivity index (χ1n) is 6.16. The normalized spacial score (nSPS) is 10.2. The Morgan fingerprint density at radius 1 is 1.33 bits per heavy atom. The van der Waals surface area contributed by atoms with Crippen LogP contribution in [-0.2, 0) is 0 Å². The molecule has 0 spiro atoms. The number of ether oxygens (including phenoxy) is 1. The molecule has 21 heavy (non-hydrogen) atoms. The van der Waals surface area contributed by atoms with Crippen molar-refractivity contribution in [2.45, 2.75) is 6.92 Å². The van der Waals surface area contributed by atoms with Crippen molar-refractivity contribution < 1.29 is 14.6 Å². The number of carboxylic acids is 1. The predicted octanol–water partition coefficient (Wildman–Crippen LogP) is 3.68. The number of carboxylic acid groups (broad SMARTS) is 1. The van der Waals surface area contributed by atoms with Crippen LogP contribution in [0.5, 0.6) is 5.75 Å². The lowest BCUT2D eigenvalue weighted by Crippen LogP contribution is -2.06. The fourth-order valence-electron chi connectivity index (χ4n) is 1.98. The number of rotatable bonds is 4. The number of benzene rings is 2. The molecule has 0 aliphatic heterocycles. The van der Waals surface area contributed by atoms with Crippen LogP contribution < -0.4 is 15.8 Å². The molecule has 2 rings (SSSR count). The van der Waals surface area contributed by atoms with Gasteiger partial charge in [0.1, 0.15) is 5.75 Å². The van der Waals surface area contributed by atoms with Crippen molar-refractivity contribution in [2.24, 2.45) is 0 Å². The molecule has 0 saturated carbocycles. The molecule has 2 aromatic rings. The number of carbonyl (C=O) groups is 1. The molecule has 6 heteroatoms. The first-order valence-corrected chi connectivity index (χ1v) is 6.54. The van der Waals surface area contributed by atoms with Crippen molar-refractivity contribution in [1.29, 1.82) is 0 Å². The summed E-state index contributed by atoms with van der Waals surface area (Å²) in [6.07, 6.45) is 0. The number of hydrogen-bond acceptors (Lipinski definition) is 4. The van der Waals surface area contributed by atoms with Crippen LogP contribution in [0.25, 0.3) is 0 Å². The van der Waals surface area contributed by atoms with Crippen molar-refractivity contribution in [3.05, 3.63) is 46.5 Å². The summed E-state index contributed by atoms with van der Waals surface area (Å²) in [6, 6.07) is 8.38. The topological polar surface area (TPSA) is 84.6 Å². The van der Waals surface area contributed by atoms with E-state index in [4.69, 9.17) is 22.1 Å². The number of nitrogens with one attached hydrogen (secondary N) is 1. The third kappa shape index (κ3) is 3.20. The quantitative estimate of drug-likeness (QED) is 0.750. The summed E-state index contributed by atoms with van der Waals surface area (Å²) in [5.74, 6) is -0.469. The Morgan fingerprint density at radius 3 is 2.67 bits per heavy atom. The number of aromatic carboxylic acids is 1. The van der Waals surface area contributed by atoms with Crippen LogP contribution in [-0.4, -0.2) is 18.2 Å². The van der Waals surface area contributed by atoms with Gasteiger partial charge in [0.2, 0.25) is 0 Å². The second kappa shape index (κ2) is 5.93. The Kier molecular flexibility index (Phi) is 4.23. The largest absolute Gasteiger partial charge is 0.495 e. The smallest absolute Gasteiger partial charge is 0.337 e. The molecule has 0 radical (unpaired) electrons. The number of halogens is 1. The second-order valence-electron chi connectivity index (χ2n) is 4.53. The van der Waals surface area contributed by atoms with E-state index in [2.05, 4.69) is 5.32 Å². The van der Waals surface area contributed by atoms with Gasteiger partial charge < -0.3 is 20.9 Å². The first kappa shape index (κ1) is 15.0. The summed E-state index contributed by atoms with van der Waals surface area (Å²) in [5, 5.41) is 12.8. The zero-order valence-corrected chi connectivity index (χ0v) is 12.4. The zero-order valence-electron chi connectivity index (χ0n) is 11.6. The van der Waals surface area contributed by atoms with E-state index < -0.39 is 5.97 Å². The highest BCUT2D eigenvalue weighted by Crippen LogP contribution is 2.32. The molecule has 0 unspecified atom stereocenters. The van der Waals surface area contributed by atoms with Crippen molar-refractivity contribution in [1.82, 2.24) is 0 Å². The van der Waals surface area contributed by atoms with Gasteiger partial charge in [-0.05, 0) is 42.8 Å². The van der Waals surface area contributed by atoms with Gasteiger partial charge in [-0.2, -0.15) is 0 Å². The minimum absolute atomic E-state index is 0.0542. The molecule has 0 aromatic heterocycles. The number of nitrogen functional groups attached to an aromatic ring is 1. The Hall–Kier alpha value is -2.40. The average Bonchev–Trinajstić information content (AvgIpc) is 2.42. The van der Waals surface area contributed by atoms with Gasteiger partial charge in [-0.3, -0.25) is 0 Å². The van der Waals surface area contributed by atoms with E-state index >= 15 is 0 Å². The van der Waals surface area contributed by atoms with E-state index in [1.54, 1.807) is 38.3 Å². The van der Waals surface area contributed by atoms with Crippen LogP contribution in [0.3, 0.4) is 0 Å². The molecule has 0 aliphatic carbocycles. The van der Waals surface area contributed by atoms with Gasteiger partial charge >= 0.3 is 5.97 Å². The molecule has 0 atom stereocenters. The van der Waals surface area contributed by atoms with Crippen molar-refractivity contribution in [2.75, 3.05) is 18.2 Å². The van der Waals surface area contributed by atoms with E-state index in [9.17, 15) is 9.90 Å². The lowest BCUT2D eigenvalue weighted by Gasteiger charge is -2.14. The third-order valence-corrected chi connectivity index (χ3v) is 3.29. The molecular formula is C15H15ClN2O3. The maximum absolute atomic E-state index is 11.2. The minimum Gasteiger partial charge on any atom is -0.495 e. The van der Waals surface area contributed by atoms with E-state index in [-0.39, 0.29) is 11.3 Å². The van der Waals surface area contributed by atoms with Crippen LogP contribution in [0, 0.1) is 6.92 Å². The van der Waals surface area contributed by atoms with Gasteiger partial charge in [-0.1, -0.05) is 11.6 Å². The molecule has 0 amide bonds. The number of methoxy groups -OCH3 is 1. The van der Waals surface area contributed by atoms with Gasteiger partial charge in [-0.15, -0.1) is 0 Å². The number of aryl methyl sites for hydroxylation is 1. The maximum atomic E-state index is 11.2. The number of nitrogens with two attached hydrogens (primary N) is 1. The van der Waals surface area contributed by atoms with Crippen molar-refractivity contribution in [3.8, 4) is 5.75 Å². The van der Waals surface area contributed by atoms with Crippen LogP contribution in [0.1, 0.15) is 15.9 Å². The Bertz CT molecular complexity index is 702. The van der Waals surface area contributed by atoms with Gasteiger partial charge in [0.25, 0.3) is 0 Å². The molecule has 0 bridgehead atoms. The van der Waals surface area contributed by atoms with Crippen LogP contribution >= 0.6 is 11.6 Å². The number of anilines is 3.